The number of thiazole rings is 1. The van der Waals surface area contributed by atoms with Gasteiger partial charge in [0.05, 0.1) is 13.7 Å². The fraction of sp³-hybridized carbons (Fsp3) is 0.182. The molecule has 0 saturated carbocycles. The van der Waals surface area contributed by atoms with Crippen LogP contribution in [0.1, 0.15) is 5.01 Å². The third-order valence-corrected chi connectivity index (χ3v) is 5.36. The molecule has 0 atom stereocenters. The second-order valence-corrected chi connectivity index (χ2v) is 7.34. The molecule has 2 aromatic rings. The predicted octanol–water partition coefficient (Wildman–Crippen LogP) is 1.97. The van der Waals surface area contributed by atoms with Crippen LogP contribution in [0.15, 0.2) is 33.1 Å². The average Bonchev–Trinajstić information content (AvgIpc) is 2.92. The van der Waals surface area contributed by atoms with E-state index in [1.54, 1.807) is 11.6 Å². The summed E-state index contributed by atoms with van der Waals surface area (Å²) in [5.74, 6) is 0.220. The predicted molar refractivity (Wildman–Crippen MR) is 81.2 cm³/mol. The summed E-state index contributed by atoms with van der Waals surface area (Å²) in [5, 5.41) is 2.46. The lowest BCUT2D eigenvalue weighted by Gasteiger charge is -2.12. The van der Waals surface area contributed by atoms with Gasteiger partial charge in [0.15, 0.2) is 0 Å². The molecule has 108 valence electrons. The number of nitrogens with zero attached hydrogens (tertiary/aromatic N) is 1. The van der Waals surface area contributed by atoms with Gasteiger partial charge < -0.3 is 10.5 Å². The van der Waals surface area contributed by atoms with Gasteiger partial charge in [-0.2, -0.15) is 0 Å². The minimum absolute atomic E-state index is 0.00254. The van der Waals surface area contributed by atoms with Crippen molar-refractivity contribution in [3.63, 3.8) is 0 Å². The maximum Gasteiger partial charge on any atom is 0.244 e. The van der Waals surface area contributed by atoms with E-state index in [2.05, 4.69) is 25.6 Å². The third kappa shape index (κ3) is 3.29. The van der Waals surface area contributed by atoms with Crippen LogP contribution in [0.3, 0.4) is 0 Å². The maximum absolute atomic E-state index is 12.3. The number of rotatable bonds is 5. The van der Waals surface area contributed by atoms with E-state index in [0.717, 1.165) is 0 Å². The third-order valence-electron chi connectivity index (χ3n) is 2.47. The Bertz CT molecular complexity index is 702. The molecule has 3 N–H and O–H groups in total. The minimum atomic E-state index is -3.73. The number of anilines is 1. The van der Waals surface area contributed by atoms with Gasteiger partial charge in [0.1, 0.15) is 15.7 Å². The van der Waals surface area contributed by atoms with E-state index in [1.165, 1.54) is 30.6 Å². The van der Waals surface area contributed by atoms with Crippen LogP contribution in [0.25, 0.3) is 0 Å². The fourth-order valence-corrected chi connectivity index (χ4v) is 3.64. The van der Waals surface area contributed by atoms with E-state index in [-0.39, 0.29) is 17.2 Å². The Hall–Kier alpha value is -1.16. The smallest absolute Gasteiger partial charge is 0.244 e. The van der Waals surface area contributed by atoms with Crippen molar-refractivity contribution in [2.75, 3.05) is 12.8 Å². The number of hydrogen-bond acceptors (Lipinski definition) is 6. The number of nitrogens with one attached hydrogen (secondary N) is 1. The highest BCUT2D eigenvalue weighted by Crippen LogP contribution is 2.32. The second-order valence-electron chi connectivity index (χ2n) is 3.77. The Morgan fingerprint density at radius 3 is 2.85 bits per heavy atom. The number of methoxy groups -OCH3 is 1. The molecular weight excluding hydrogens is 366 g/mol. The fourth-order valence-electron chi connectivity index (χ4n) is 1.50. The summed E-state index contributed by atoms with van der Waals surface area (Å²) in [4.78, 5) is 4.01. The van der Waals surface area contributed by atoms with Gasteiger partial charge in [0.25, 0.3) is 0 Å². The molecule has 0 spiro atoms. The van der Waals surface area contributed by atoms with E-state index < -0.39 is 10.0 Å². The summed E-state index contributed by atoms with van der Waals surface area (Å²) >= 11 is 4.60. The monoisotopic (exact) mass is 377 g/mol. The molecule has 0 aliphatic carbocycles. The summed E-state index contributed by atoms with van der Waals surface area (Å²) in [7, 11) is -2.33. The Balaban J connectivity index is 2.31. The minimum Gasteiger partial charge on any atom is -0.495 e. The molecule has 0 fully saturated rings. The van der Waals surface area contributed by atoms with Crippen molar-refractivity contribution < 1.29 is 13.2 Å². The number of halogens is 1. The molecule has 20 heavy (non-hydrogen) atoms. The highest BCUT2D eigenvalue weighted by Gasteiger charge is 2.21. The van der Waals surface area contributed by atoms with Gasteiger partial charge in [-0.3, -0.25) is 0 Å². The van der Waals surface area contributed by atoms with Crippen LogP contribution < -0.4 is 15.2 Å². The van der Waals surface area contributed by atoms with E-state index in [4.69, 9.17) is 10.5 Å². The number of sulfonamides is 1. The molecule has 0 saturated heterocycles. The van der Waals surface area contributed by atoms with Crippen LogP contribution in [-0.2, 0) is 16.6 Å². The topological polar surface area (TPSA) is 94.3 Å². The number of ether oxygens (including phenoxy) is 1. The molecule has 1 aromatic heterocycles. The van der Waals surface area contributed by atoms with Gasteiger partial charge in [-0.05, 0) is 28.1 Å². The highest BCUT2D eigenvalue weighted by molar-refractivity contribution is 9.10. The summed E-state index contributed by atoms with van der Waals surface area (Å²) in [6.07, 6.45) is 1.62. The van der Waals surface area contributed by atoms with Crippen molar-refractivity contribution >= 4 is 43.0 Å². The zero-order valence-electron chi connectivity index (χ0n) is 10.5. The molecule has 0 radical (unpaired) electrons. The number of hydrogen-bond donors (Lipinski definition) is 2. The highest BCUT2D eigenvalue weighted by atomic mass is 79.9. The lowest BCUT2D eigenvalue weighted by Crippen LogP contribution is -2.23. The zero-order chi connectivity index (χ0) is 14.8. The molecule has 1 aromatic carbocycles. The molecular formula is C11H12BrN3O3S2. The summed E-state index contributed by atoms with van der Waals surface area (Å²) in [6.45, 7) is 0.124. The van der Waals surface area contributed by atoms with Crippen molar-refractivity contribution in [1.29, 1.82) is 0 Å². The van der Waals surface area contributed by atoms with Crippen molar-refractivity contribution in [2.45, 2.75) is 11.4 Å². The molecule has 6 nitrogen and oxygen atoms in total. The van der Waals surface area contributed by atoms with Crippen LogP contribution in [0.4, 0.5) is 5.69 Å². The molecule has 0 aliphatic heterocycles. The molecule has 0 unspecified atom stereocenters. The summed E-state index contributed by atoms with van der Waals surface area (Å²) in [6, 6.07) is 2.88. The van der Waals surface area contributed by atoms with Gasteiger partial charge >= 0.3 is 0 Å². The van der Waals surface area contributed by atoms with Crippen molar-refractivity contribution in [1.82, 2.24) is 9.71 Å². The summed E-state index contributed by atoms with van der Waals surface area (Å²) in [5.41, 5.74) is 6.05. The van der Waals surface area contributed by atoms with Gasteiger partial charge in [-0.1, -0.05) is 0 Å². The molecule has 0 bridgehead atoms. The first-order valence-corrected chi connectivity index (χ1v) is 8.60. The van der Waals surface area contributed by atoms with Gasteiger partial charge in [-0.25, -0.2) is 18.1 Å². The lowest BCUT2D eigenvalue weighted by atomic mass is 10.3. The number of aromatic nitrogens is 1. The van der Waals surface area contributed by atoms with Crippen molar-refractivity contribution in [3.8, 4) is 5.75 Å². The Labute approximate surface area is 129 Å². The van der Waals surface area contributed by atoms with Crippen LogP contribution in [0.2, 0.25) is 0 Å². The first-order chi connectivity index (χ1) is 9.44. The Morgan fingerprint density at radius 2 is 2.25 bits per heavy atom. The standard InChI is InChI=1S/C11H12BrN3O3S2/c1-18-9-4-7(12)8(13)5-10(9)20(16,17)15-6-11-14-2-3-19-11/h2-5,15H,6,13H2,1H3. The van der Waals surface area contributed by atoms with Gasteiger partial charge in [-0.15, -0.1) is 11.3 Å². The van der Waals surface area contributed by atoms with Gasteiger partial charge in [0, 0.05) is 21.7 Å². The average molecular weight is 378 g/mol. The molecule has 0 aliphatic rings. The van der Waals surface area contributed by atoms with Crippen LogP contribution in [0, 0.1) is 0 Å². The molecule has 2 rings (SSSR count). The summed E-state index contributed by atoms with van der Waals surface area (Å²) < 4.78 is 32.7. The normalized spacial score (nSPS) is 11.5. The lowest BCUT2D eigenvalue weighted by molar-refractivity contribution is 0.402. The molecule has 9 heteroatoms. The van der Waals surface area contributed by atoms with Crippen LogP contribution >= 0.6 is 27.3 Å². The molecule has 1 heterocycles. The van der Waals surface area contributed by atoms with Crippen molar-refractivity contribution in [2.24, 2.45) is 0 Å². The quantitative estimate of drug-likeness (QED) is 0.776. The maximum atomic E-state index is 12.3. The Kier molecular flexibility index (Phi) is 4.63. The number of nitrogen functional groups attached to an aromatic ring is 1. The first kappa shape index (κ1) is 15.2. The first-order valence-electron chi connectivity index (χ1n) is 5.45. The van der Waals surface area contributed by atoms with Crippen LogP contribution in [-0.4, -0.2) is 20.5 Å². The van der Waals surface area contributed by atoms with Gasteiger partial charge in [0.2, 0.25) is 10.0 Å². The molecule has 0 amide bonds. The zero-order valence-corrected chi connectivity index (χ0v) is 13.7. The second kappa shape index (κ2) is 6.08. The Morgan fingerprint density at radius 1 is 1.50 bits per heavy atom. The van der Waals surface area contributed by atoms with E-state index in [9.17, 15) is 8.42 Å². The number of nitrogens with two attached hydrogens (primary N) is 1. The number of benzene rings is 1. The SMILES string of the molecule is COc1cc(Br)c(N)cc1S(=O)(=O)NCc1nccs1. The van der Waals surface area contributed by atoms with E-state index >= 15 is 0 Å². The van der Waals surface area contributed by atoms with E-state index in [1.807, 2.05) is 0 Å². The van der Waals surface area contributed by atoms with Crippen LogP contribution in [0.5, 0.6) is 5.75 Å². The largest absolute Gasteiger partial charge is 0.495 e. The van der Waals surface area contributed by atoms with E-state index in [0.29, 0.717) is 15.2 Å². The van der Waals surface area contributed by atoms with Crippen molar-refractivity contribution in [3.05, 3.63) is 33.2 Å².